The smallest absolute Gasteiger partial charge is 0.153 e. The van der Waals surface area contributed by atoms with E-state index in [0.717, 1.165) is 18.7 Å². The van der Waals surface area contributed by atoms with Gasteiger partial charge in [-0.05, 0) is 12.8 Å². The molecule has 1 fully saturated rings. The molecule has 0 aromatic carbocycles. The normalized spacial score (nSPS) is 18.1. The second-order valence-corrected chi connectivity index (χ2v) is 4.03. The molecule has 0 amide bonds. The number of nitrogens with two attached hydrogens (primary N) is 1. The second-order valence-electron chi connectivity index (χ2n) is 4.03. The fourth-order valence-corrected chi connectivity index (χ4v) is 1.53. The number of carbonyl (C=O) groups is 1. The zero-order valence-corrected chi connectivity index (χ0v) is 8.36. The maximum absolute atomic E-state index is 11.6. The summed E-state index contributed by atoms with van der Waals surface area (Å²) in [5.74, 6) is 1.13. The lowest BCUT2D eigenvalue weighted by Gasteiger charge is -2.06. The second kappa shape index (κ2) is 3.20. The summed E-state index contributed by atoms with van der Waals surface area (Å²) in [6.07, 6.45) is 6.55. The van der Waals surface area contributed by atoms with Gasteiger partial charge in [0.15, 0.2) is 5.78 Å². The van der Waals surface area contributed by atoms with Crippen LogP contribution in [0.15, 0.2) is 12.4 Å². The molecule has 2 N–H and O–H groups in total. The third-order valence-corrected chi connectivity index (χ3v) is 2.84. The molecule has 1 heterocycles. The van der Waals surface area contributed by atoms with Crippen LogP contribution >= 0.6 is 0 Å². The Labute approximate surface area is 83.1 Å². The number of hydrogen-bond donors (Lipinski definition) is 1. The van der Waals surface area contributed by atoms with Crippen molar-refractivity contribution in [2.45, 2.75) is 31.2 Å². The highest BCUT2D eigenvalue weighted by Gasteiger charge is 2.44. The van der Waals surface area contributed by atoms with Crippen molar-refractivity contribution in [3.8, 4) is 0 Å². The van der Waals surface area contributed by atoms with Crippen LogP contribution in [0.25, 0.3) is 0 Å². The average molecular weight is 193 g/mol. The van der Waals surface area contributed by atoms with Crippen molar-refractivity contribution in [1.29, 1.82) is 0 Å². The van der Waals surface area contributed by atoms with E-state index in [1.807, 2.05) is 17.8 Å². The molecule has 1 saturated carbocycles. The Bertz CT molecular complexity index is 352. The van der Waals surface area contributed by atoms with E-state index in [0.29, 0.717) is 12.8 Å². The number of hydrogen-bond acceptors (Lipinski definition) is 3. The highest BCUT2D eigenvalue weighted by Crippen LogP contribution is 2.34. The van der Waals surface area contributed by atoms with E-state index in [1.54, 1.807) is 6.20 Å². The van der Waals surface area contributed by atoms with E-state index in [2.05, 4.69) is 4.98 Å². The standard InChI is InChI=1S/C10H15N3O/c1-13-7-6-12-9(13)3-2-8(14)10(11)4-5-10/h6-7H,2-5,11H2,1H3. The molecule has 14 heavy (non-hydrogen) atoms. The lowest BCUT2D eigenvalue weighted by atomic mass is 10.1. The minimum Gasteiger partial charge on any atom is -0.338 e. The number of Topliss-reactive ketones (excluding diaryl/α,β-unsaturated/α-hetero) is 1. The van der Waals surface area contributed by atoms with Crippen molar-refractivity contribution in [2.24, 2.45) is 12.8 Å². The van der Waals surface area contributed by atoms with Gasteiger partial charge in [-0.3, -0.25) is 4.79 Å². The van der Waals surface area contributed by atoms with Crippen molar-refractivity contribution >= 4 is 5.78 Å². The molecule has 0 aliphatic heterocycles. The van der Waals surface area contributed by atoms with Gasteiger partial charge in [-0.25, -0.2) is 4.98 Å². The summed E-state index contributed by atoms with van der Waals surface area (Å²) in [7, 11) is 1.93. The molecule has 1 aromatic rings. The third kappa shape index (κ3) is 1.70. The first-order valence-corrected chi connectivity index (χ1v) is 4.90. The predicted octanol–water partition coefficient (Wildman–Crippen LogP) is 0.413. The van der Waals surface area contributed by atoms with Crippen LogP contribution in [0.2, 0.25) is 0 Å². The zero-order chi connectivity index (χ0) is 10.2. The van der Waals surface area contributed by atoms with Gasteiger partial charge in [-0.15, -0.1) is 0 Å². The molecule has 0 atom stereocenters. The molecule has 0 bridgehead atoms. The van der Waals surface area contributed by atoms with Crippen molar-refractivity contribution in [3.63, 3.8) is 0 Å². The molecule has 1 aliphatic rings. The fraction of sp³-hybridized carbons (Fsp3) is 0.600. The van der Waals surface area contributed by atoms with E-state index < -0.39 is 5.54 Å². The molecule has 0 unspecified atom stereocenters. The van der Waals surface area contributed by atoms with Gasteiger partial charge in [-0.2, -0.15) is 0 Å². The Morgan fingerprint density at radius 3 is 2.93 bits per heavy atom. The number of aryl methyl sites for hydroxylation is 2. The van der Waals surface area contributed by atoms with Crippen LogP contribution < -0.4 is 5.73 Å². The molecule has 1 aliphatic carbocycles. The number of aromatic nitrogens is 2. The van der Waals surface area contributed by atoms with Crippen LogP contribution in [0.3, 0.4) is 0 Å². The molecule has 76 valence electrons. The van der Waals surface area contributed by atoms with Crippen molar-refractivity contribution in [2.75, 3.05) is 0 Å². The number of imidazole rings is 1. The monoisotopic (exact) mass is 193 g/mol. The minimum atomic E-state index is -0.481. The van der Waals surface area contributed by atoms with Crippen molar-refractivity contribution < 1.29 is 4.79 Å². The average Bonchev–Trinajstić information content (AvgIpc) is 2.77. The Kier molecular flexibility index (Phi) is 2.15. The number of nitrogens with zero attached hydrogens (tertiary/aromatic N) is 2. The largest absolute Gasteiger partial charge is 0.338 e. The first-order valence-electron chi connectivity index (χ1n) is 4.90. The quantitative estimate of drug-likeness (QED) is 0.753. The number of carbonyl (C=O) groups excluding carboxylic acids is 1. The highest BCUT2D eigenvalue weighted by molar-refractivity contribution is 5.91. The van der Waals surface area contributed by atoms with Gasteiger partial charge in [0.1, 0.15) is 5.82 Å². The summed E-state index contributed by atoms with van der Waals surface area (Å²) in [4.78, 5) is 15.7. The number of rotatable bonds is 4. The molecule has 2 rings (SSSR count). The summed E-state index contributed by atoms with van der Waals surface area (Å²) in [5, 5.41) is 0. The lowest BCUT2D eigenvalue weighted by molar-refractivity contribution is -0.121. The molecular formula is C10H15N3O. The molecule has 4 heteroatoms. The molecule has 0 saturated heterocycles. The van der Waals surface area contributed by atoms with Gasteiger partial charge >= 0.3 is 0 Å². The summed E-state index contributed by atoms with van der Waals surface area (Å²) < 4.78 is 1.93. The van der Waals surface area contributed by atoms with Gasteiger partial charge in [0.2, 0.25) is 0 Å². The van der Waals surface area contributed by atoms with E-state index in [1.165, 1.54) is 0 Å². The Balaban J connectivity index is 1.89. The van der Waals surface area contributed by atoms with Crippen molar-refractivity contribution in [1.82, 2.24) is 9.55 Å². The lowest BCUT2D eigenvalue weighted by Crippen LogP contribution is -2.33. The topological polar surface area (TPSA) is 60.9 Å². The number of ketones is 1. The third-order valence-electron chi connectivity index (χ3n) is 2.84. The predicted molar refractivity (Wildman–Crippen MR) is 52.7 cm³/mol. The van der Waals surface area contributed by atoms with Crippen LogP contribution in [0.1, 0.15) is 25.1 Å². The summed E-state index contributed by atoms with van der Waals surface area (Å²) in [5.41, 5.74) is 5.31. The van der Waals surface area contributed by atoms with Gasteiger partial charge in [-0.1, -0.05) is 0 Å². The summed E-state index contributed by atoms with van der Waals surface area (Å²) >= 11 is 0. The first-order chi connectivity index (χ1) is 6.62. The van der Waals surface area contributed by atoms with Crippen LogP contribution in [0, 0.1) is 0 Å². The highest BCUT2D eigenvalue weighted by atomic mass is 16.1. The van der Waals surface area contributed by atoms with E-state index in [-0.39, 0.29) is 5.78 Å². The molecule has 0 radical (unpaired) electrons. The fourth-order valence-electron chi connectivity index (χ4n) is 1.53. The van der Waals surface area contributed by atoms with E-state index in [9.17, 15) is 4.79 Å². The van der Waals surface area contributed by atoms with Crippen LogP contribution in [-0.2, 0) is 18.3 Å². The minimum absolute atomic E-state index is 0.181. The summed E-state index contributed by atoms with van der Waals surface area (Å²) in [6.45, 7) is 0. The van der Waals surface area contributed by atoms with Gasteiger partial charge in [0, 0.05) is 32.3 Å². The Morgan fingerprint density at radius 1 is 1.71 bits per heavy atom. The first kappa shape index (κ1) is 9.40. The van der Waals surface area contributed by atoms with Gasteiger partial charge < -0.3 is 10.3 Å². The molecule has 0 spiro atoms. The van der Waals surface area contributed by atoms with E-state index >= 15 is 0 Å². The van der Waals surface area contributed by atoms with E-state index in [4.69, 9.17) is 5.73 Å². The van der Waals surface area contributed by atoms with Crippen LogP contribution in [0.5, 0.6) is 0 Å². The van der Waals surface area contributed by atoms with Crippen molar-refractivity contribution in [3.05, 3.63) is 18.2 Å². The van der Waals surface area contributed by atoms with Crippen LogP contribution in [-0.4, -0.2) is 20.9 Å². The maximum atomic E-state index is 11.6. The van der Waals surface area contributed by atoms with Gasteiger partial charge in [0.25, 0.3) is 0 Å². The Morgan fingerprint density at radius 2 is 2.43 bits per heavy atom. The molecule has 1 aromatic heterocycles. The zero-order valence-electron chi connectivity index (χ0n) is 8.36. The SMILES string of the molecule is Cn1ccnc1CCC(=O)C1(N)CC1. The molecular weight excluding hydrogens is 178 g/mol. The van der Waals surface area contributed by atoms with Crippen LogP contribution in [0.4, 0.5) is 0 Å². The Hall–Kier alpha value is -1.16. The molecule has 4 nitrogen and oxygen atoms in total. The summed E-state index contributed by atoms with van der Waals surface area (Å²) in [6, 6.07) is 0. The van der Waals surface area contributed by atoms with Gasteiger partial charge in [0.05, 0.1) is 5.54 Å². The maximum Gasteiger partial charge on any atom is 0.153 e.